The molecule has 2 aliphatic heterocycles. The summed E-state index contributed by atoms with van der Waals surface area (Å²) in [6.07, 6.45) is 5.44. The van der Waals surface area contributed by atoms with Crippen molar-refractivity contribution in [3.05, 3.63) is 65.7 Å². The highest BCUT2D eigenvalue weighted by Gasteiger charge is 2.39. The fourth-order valence-corrected chi connectivity index (χ4v) is 4.61. The third-order valence-electron chi connectivity index (χ3n) is 6.35. The Morgan fingerprint density at radius 1 is 0.964 bits per heavy atom. The van der Waals surface area contributed by atoms with Crippen LogP contribution in [-0.2, 0) is 17.7 Å². The van der Waals surface area contributed by atoms with Gasteiger partial charge in [0.2, 0.25) is 0 Å². The summed E-state index contributed by atoms with van der Waals surface area (Å²) in [4.78, 5) is 9.52. The van der Waals surface area contributed by atoms with Crippen LogP contribution in [0.25, 0.3) is 0 Å². The summed E-state index contributed by atoms with van der Waals surface area (Å²) >= 11 is 0. The second-order valence-electron chi connectivity index (χ2n) is 8.05. The van der Waals surface area contributed by atoms with Crippen LogP contribution in [0.15, 0.2) is 48.7 Å². The third-order valence-corrected chi connectivity index (χ3v) is 6.35. The molecule has 2 aliphatic rings. The SMILES string of the molecule is Fc1ccc(CCC2(N3CCN(Cc4ccccc4)CC3)CCOCC2)nc1. The van der Waals surface area contributed by atoms with Crippen molar-refractivity contribution in [2.75, 3.05) is 39.4 Å². The van der Waals surface area contributed by atoms with Crippen LogP contribution in [0, 0.1) is 5.82 Å². The summed E-state index contributed by atoms with van der Waals surface area (Å²) in [6, 6.07) is 14.1. The zero-order valence-electron chi connectivity index (χ0n) is 16.5. The van der Waals surface area contributed by atoms with Gasteiger partial charge in [-0.2, -0.15) is 0 Å². The van der Waals surface area contributed by atoms with Crippen LogP contribution in [-0.4, -0.2) is 59.7 Å². The van der Waals surface area contributed by atoms with Crippen molar-refractivity contribution in [3.8, 4) is 0 Å². The molecule has 0 atom stereocenters. The molecule has 1 aromatic heterocycles. The fraction of sp³-hybridized carbons (Fsp3) is 0.522. The van der Waals surface area contributed by atoms with Gasteiger partial charge in [0.1, 0.15) is 5.82 Å². The van der Waals surface area contributed by atoms with Crippen LogP contribution in [0.1, 0.15) is 30.5 Å². The Kier molecular flexibility index (Phi) is 6.35. The molecular formula is C23H30FN3O. The lowest BCUT2D eigenvalue weighted by molar-refractivity contribution is -0.0522. The summed E-state index contributed by atoms with van der Waals surface area (Å²) in [7, 11) is 0. The Bertz CT molecular complexity index is 723. The summed E-state index contributed by atoms with van der Waals surface area (Å²) in [5.41, 5.74) is 2.56. The maximum Gasteiger partial charge on any atom is 0.141 e. The van der Waals surface area contributed by atoms with E-state index in [1.807, 2.05) is 6.07 Å². The zero-order valence-corrected chi connectivity index (χ0v) is 16.5. The molecule has 1 aromatic carbocycles. The van der Waals surface area contributed by atoms with Gasteiger partial charge in [-0.3, -0.25) is 14.8 Å². The van der Waals surface area contributed by atoms with E-state index >= 15 is 0 Å². The van der Waals surface area contributed by atoms with Crippen LogP contribution in [0.5, 0.6) is 0 Å². The van der Waals surface area contributed by atoms with Crippen molar-refractivity contribution in [3.63, 3.8) is 0 Å². The lowest BCUT2D eigenvalue weighted by atomic mass is 9.82. The Labute approximate surface area is 167 Å². The molecule has 150 valence electrons. The fourth-order valence-electron chi connectivity index (χ4n) is 4.61. The van der Waals surface area contributed by atoms with Crippen molar-refractivity contribution in [1.29, 1.82) is 0 Å². The number of rotatable bonds is 6. The molecule has 2 fully saturated rings. The molecule has 0 aliphatic carbocycles. The number of nitrogens with zero attached hydrogens (tertiary/aromatic N) is 3. The molecule has 0 bridgehead atoms. The van der Waals surface area contributed by atoms with Crippen LogP contribution >= 0.6 is 0 Å². The second-order valence-corrected chi connectivity index (χ2v) is 8.05. The number of aromatic nitrogens is 1. The molecule has 0 unspecified atom stereocenters. The van der Waals surface area contributed by atoms with Gasteiger partial charge in [-0.05, 0) is 43.4 Å². The highest BCUT2D eigenvalue weighted by atomic mass is 19.1. The minimum absolute atomic E-state index is 0.188. The largest absolute Gasteiger partial charge is 0.381 e. The first kappa shape index (κ1) is 19.5. The zero-order chi connectivity index (χ0) is 19.2. The maximum atomic E-state index is 13.1. The van der Waals surface area contributed by atoms with Crippen molar-refractivity contribution < 1.29 is 9.13 Å². The van der Waals surface area contributed by atoms with Crippen LogP contribution < -0.4 is 0 Å². The van der Waals surface area contributed by atoms with Gasteiger partial charge in [-0.1, -0.05) is 30.3 Å². The first-order valence-corrected chi connectivity index (χ1v) is 10.4. The first-order chi connectivity index (χ1) is 13.7. The summed E-state index contributed by atoms with van der Waals surface area (Å²) in [5.74, 6) is -0.265. The molecule has 0 N–H and O–H groups in total. The normalized spacial score (nSPS) is 20.9. The monoisotopic (exact) mass is 383 g/mol. The molecule has 28 heavy (non-hydrogen) atoms. The lowest BCUT2D eigenvalue weighted by Crippen LogP contribution is -2.59. The summed E-state index contributed by atoms with van der Waals surface area (Å²) in [5, 5.41) is 0. The van der Waals surface area contributed by atoms with Gasteiger partial charge in [-0.25, -0.2) is 4.39 Å². The van der Waals surface area contributed by atoms with Gasteiger partial charge < -0.3 is 4.74 Å². The number of benzene rings is 1. The van der Waals surface area contributed by atoms with Crippen LogP contribution in [0.4, 0.5) is 4.39 Å². The lowest BCUT2D eigenvalue weighted by Gasteiger charge is -2.50. The van der Waals surface area contributed by atoms with Crippen molar-refractivity contribution in [2.24, 2.45) is 0 Å². The maximum absolute atomic E-state index is 13.1. The smallest absolute Gasteiger partial charge is 0.141 e. The van der Waals surface area contributed by atoms with Gasteiger partial charge in [0, 0.05) is 57.2 Å². The Hall–Kier alpha value is -1.82. The standard InChI is InChI=1S/C23H30FN3O/c24-21-6-7-22(25-18-21)8-9-23(10-16-28-17-11-23)27-14-12-26(13-15-27)19-20-4-2-1-3-5-20/h1-7,18H,8-17,19H2. The van der Waals surface area contributed by atoms with E-state index in [-0.39, 0.29) is 11.4 Å². The van der Waals surface area contributed by atoms with Crippen molar-refractivity contribution in [1.82, 2.24) is 14.8 Å². The molecule has 0 saturated carbocycles. The van der Waals surface area contributed by atoms with E-state index in [4.69, 9.17) is 4.74 Å². The van der Waals surface area contributed by atoms with Gasteiger partial charge in [-0.15, -0.1) is 0 Å². The van der Waals surface area contributed by atoms with E-state index < -0.39 is 0 Å². The predicted octanol–water partition coefficient (Wildman–Crippen LogP) is 3.52. The van der Waals surface area contributed by atoms with Crippen LogP contribution in [0.3, 0.4) is 0 Å². The number of aryl methyl sites for hydroxylation is 1. The number of hydrogen-bond donors (Lipinski definition) is 0. The minimum Gasteiger partial charge on any atom is -0.381 e. The van der Waals surface area contributed by atoms with E-state index in [1.54, 1.807) is 0 Å². The van der Waals surface area contributed by atoms with Gasteiger partial charge >= 0.3 is 0 Å². The minimum atomic E-state index is -0.265. The predicted molar refractivity (Wildman–Crippen MR) is 109 cm³/mol. The molecule has 0 spiro atoms. The highest BCUT2D eigenvalue weighted by Crippen LogP contribution is 2.33. The molecule has 0 radical (unpaired) electrons. The molecule has 3 heterocycles. The number of hydrogen-bond acceptors (Lipinski definition) is 4. The molecule has 4 nitrogen and oxygen atoms in total. The molecule has 2 aromatic rings. The Morgan fingerprint density at radius 2 is 1.71 bits per heavy atom. The quantitative estimate of drug-likeness (QED) is 0.763. The van der Waals surface area contributed by atoms with Gasteiger partial charge in [0.15, 0.2) is 0 Å². The second kappa shape index (κ2) is 9.12. The van der Waals surface area contributed by atoms with E-state index in [0.717, 1.165) is 77.3 Å². The first-order valence-electron chi connectivity index (χ1n) is 10.4. The highest BCUT2D eigenvalue weighted by molar-refractivity contribution is 5.14. The van der Waals surface area contributed by atoms with Gasteiger partial charge in [0.05, 0.1) is 6.20 Å². The van der Waals surface area contributed by atoms with Gasteiger partial charge in [0.25, 0.3) is 0 Å². The number of pyridine rings is 1. The summed E-state index contributed by atoms with van der Waals surface area (Å²) < 4.78 is 18.8. The number of piperazine rings is 1. The summed E-state index contributed by atoms with van der Waals surface area (Å²) in [6.45, 7) is 7.11. The van der Waals surface area contributed by atoms with Crippen molar-refractivity contribution in [2.45, 2.75) is 37.8 Å². The van der Waals surface area contributed by atoms with Crippen molar-refractivity contribution >= 4 is 0 Å². The van der Waals surface area contributed by atoms with Crippen LogP contribution in [0.2, 0.25) is 0 Å². The molecule has 4 rings (SSSR count). The Balaban J connectivity index is 1.37. The average Bonchev–Trinajstić information content (AvgIpc) is 2.75. The van der Waals surface area contributed by atoms with E-state index in [0.29, 0.717) is 0 Å². The number of halogens is 1. The molecule has 2 saturated heterocycles. The van der Waals surface area contributed by atoms with E-state index in [2.05, 4.69) is 45.1 Å². The third kappa shape index (κ3) is 4.77. The molecule has 5 heteroatoms. The molecular weight excluding hydrogens is 353 g/mol. The molecule has 0 amide bonds. The topological polar surface area (TPSA) is 28.6 Å². The Morgan fingerprint density at radius 3 is 2.39 bits per heavy atom. The van der Waals surface area contributed by atoms with E-state index in [9.17, 15) is 4.39 Å². The van der Waals surface area contributed by atoms with E-state index in [1.165, 1.54) is 17.8 Å². The number of ether oxygens (including phenoxy) is 1. The average molecular weight is 384 g/mol.